The Labute approximate surface area is 81.4 Å². The molecule has 0 saturated heterocycles. The Morgan fingerprint density at radius 2 is 2.21 bits per heavy atom. The van der Waals surface area contributed by atoms with Crippen LogP contribution in [-0.2, 0) is 0 Å². The van der Waals surface area contributed by atoms with Crippen molar-refractivity contribution in [2.75, 3.05) is 6.61 Å². The van der Waals surface area contributed by atoms with Crippen LogP contribution in [0.4, 0.5) is 4.79 Å². The van der Waals surface area contributed by atoms with Crippen LogP contribution in [0.3, 0.4) is 0 Å². The highest BCUT2D eigenvalue weighted by molar-refractivity contribution is 5.86. The molecule has 1 aromatic carbocycles. The molecule has 0 aromatic heterocycles. The van der Waals surface area contributed by atoms with Crippen LogP contribution < -0.4 is 15.8 Å². The summed E-state index contributed by atoms with van der Waals surface area (Å²) < 4.78 is 5.37. The fourth-order valence-corrected chi connectivity index (χ4v) is 1.39. The van der Waals surface area contributed by atoms with Crippen LogP contribution >= 0.6 is 0 Å². The minimum atomic E-state index is -0.562. The second-order valence-corrected chi connectivity index (χ2v) is 2.91. The van der Waals surface area contributed by atoms with E-state index in [4.69, 9.17) is 10.5 Å². The number of carbonyl (C=O) groups excluding carboxylic acids is 1. The zero-order chi connectivity index (χ0) is 9.97. The summed E-state index contributed by atoms with van der Waals surface area (Å²) in [5, 5.41) is 2.56. The number of amides is 2. The number of hydrogen-bond acceptors (Lipinski definition) is 2. The van der Waals surface area contributed by atoms with Gasteiger partial charge >= 0.3 is 6.03 Å². The maximum absolute atomic E-state index is 10.7. The van der Waals surface area contributed by atoms with Crippen molar-refractivity contribution in [1.29, 1.82) is 0 Å². The van der Waals surface area contributed by atoms with Crippen LogP contribution in [0.1, 0.15) is 5.56 Å². The van der Waals surface area contributed by atoms with Gasteiger partial charge in [-0.15, -0.1) is 0 Å². The van der Waals surface area contributed by atoms with Crippen LogP contribution in [0.2, 0.25) is 0 Å². The van der Waals surface area contributed by atoms with Crippen molar-refractivity contribution in [3.63, 3.8) is 0 Å². The molecule has 72 valence electrons. The van der Waals surface area contributed by atoms with Gasteiger partial charge in [0, 0.05) is 5.56 Å². The topological polar surface area (TPSA) is 64.4 Å². The molecule has 0 unspecified atom stereocenters. The van der Waals surface area contributed by atoms with E-state index in [2.05, 4.69) is 5.32 Å². The lowest BCUT2D eigenvalue weighted by atomic mass is 10.1. The van der Waals surface area contributed by atoms with Gasteiger partial charge in [0.2, 0.25) is 0 Å². The second kappa shape index (κ2) is 3.41. The first-order chi connectivity index (χ1) is 6.77. The number of urea groups is 1. The largest absolute Gasteiger partial charge is 0.489 e. The van der Waals surface area contributed by atoms with E-state index in [1.165, 1.54) is 0 Å². The molecule has 4 heteroatoms. The van der Waals surface area contributed by atoms with Gasteiger partial charge < -0.3 is 15.8 Å². The zero-order valence-electron chi connectivity index (χ0n) is 7.49. The maximum atomic E-state index is 10.7. The Balaban J connectivity index is 2.35. The normalized spacial score (nSPS) is 13.6. The summed E-state index contributed by atoms with van der Waals surface area (Å²) in [5.41, 5.74) is 6.62. The van der Waals surface area contributed by atoms with Gasteiger partial charge in [-0.3, -0.25) is 0 Å². The van der Waals surface area contributed by atoms with E-state index >= 15 is 0 Å². The first kappa shape index (κ1) is 8.62. The average molecular weight is 190 g/mol. The Morgan fingerprint density at radius 3 is 3.00 bits per heavy atom. The lowest BCUT2D eigenvalue weighted by Gasteiger charge is -2.18. The molecule has 0 aliphatic carbocycles. The number of ether oxygens (including phenoxy) is 1. The van der Waals surface area contributed by atoms with Gasteiger partial charge in [0.1, 0.15) is 12.4 Å². The van der Waals surface area contributed by atoms with Crippen LogP contribution in [-0.4, -0.2) is 12.6 Å². The highest BCUT2D eigenvalue weighted by Crippen LogP contribution is 2.27. The molecule has 14 heavy (non-hydrogen) atoms. The number of primary amides is 1. The van der Waals surface area contributed by atoms with Crippen molar-refractivity contribution in [2.24, 2.45) is 5.73 Å². The molecule has 3 N–H and O–H groups in total. The first-order valence-electron chi connectivity index (χ1n) is 4.26. The van der Waals surface area contributed by atoms with Gasteiger partial charge in [0.15, 0.2) is 0 Å². The fraction of sp³-hybridized carbons (Fsp3) is 0.100. The third kappa shape index (κ3) is 1.54. The molecule has 1 aliphatic heterocycles. The third-order valence-corrected chi connectivity index (χ3v) is 1.96. The highest BCUT2D eigenvalue weighted by Gasteiger charge is 2.13. The van der Waals surface area contributed by atoms with Gasteiger partial charge in [-0.25, -0.2) is 4.79 Å². The van der Waals surface area contributed by atoms with E-state index in [-0.39, 0.29) is 0 Å². The molecule has 1 heterocycles. The van der Waals surface area contributed by atoms with Crippen molar-refractivity contribution in [2.45, 2.75) is 0 Å². The Kier molecular flexibility index (Phi) is 2.10. The number of benzene rings is 1. The summed E-state index contributed by atoms with van der Waals surface area (Å²) in [6, 6.07) is 6.92. The monoisotopic (exact) mass is 190 g/mol. The Morgan fingerprint density at radius 1 is 1.43 bits per heavy atom. The summed E-state index contributed by atoms with van der Waals surface area (Å²) in [7, 11) is 0. The van der Waals surface area contributed by atoms with Crippen LogP contribution in [0.5, 0.6) is 5.75 Å². The molecule has 1 aromatic rings. The molecule has 0 spiro atoms. The number of nitrogens with one attached hydrogen (secondary N) is 1. The minimum absolute atomic E-state index is 0.451. The summed E-state index contributed by atoms with van der Waals surface area (Å²) in [6.07, 6.45) is 1.78. The summed E-state index contributed by atoms with van der Waals surface area (Å²) >= 11 is 0. The summed E-state index contributed by atoms with van der Waals surface area (Å²) in [5.74, 6) is 0.763. The second-order valence-electron chi connectivity index (χ2n) is 2.91. The molecule has 2 amide bonds. The van der Waals surface area contributed by atoms with Gasteiger partial charge in [-0.05, 0) is 18.2 Å². The molecular weight excluding hydrogens is 180 g/mol. The number of fused-ring (bicyclic) bond motifs is 1. The van der Waals surface area contributed by atoms with E-state index in [0.717, 1.165) is 11.3 Å². The quantitative estimate of drug-likeness (QED) is 0.696. The van der Waals surface area contributed by atoms with Gasteiger partial charge in [-0.2, -0.15) is 0 Å². The van der Waals surface area contributed by atoms with Crippen molar-refractivity contribution in [3.05, 3.63) is 35.9 Å². The van der Waals surface area contributed by atoms with Gasteiger partial charge in [0.05, 0.1) is 5.70 Å². The molecule has 0 radical (unpaired) electrons. The fourth-order valence-electron chi connectivity index (χ4n) is 1.39. The number of carbonyl (C=O) groups is 1. The minimum Gasteiger partial charge on any atom is -0.489 e. The Hall–Kier alpha value is -1.97. The lowest BCUT2D eigenvalue weighted by molar-refractivity contribution is 0.252. The van der Waals surface area contributed by atoms with Crippen molar-refractivity contribution in [3.8, 4) is 5.75 Å². The molecule has 1 aliphatic rings. The predicted octanol–water partition coefficient (Wildman–Crippen LogP) is 1.09. The molecular formula is C10H10N2O2. The van der Waals surface area contributed by atoms with E-state index in [9.17, 15) is 4.79 Å². The molecule has 0 fully saturated rings. The van der Waals surface area contributed by atoms with E-state index < -0.39 is 6.03 Å². The zero-order valence-corrected chi connectivity index (χ0v) is 7.49. The van der Waals surface area contributed by atoms with Crippen LogP contribution in [0, 0.1) is 0 Å². The average Bonchev–Trinajstić information content (AvgIpc) is 2.18. The predicted molar refractivity (Wildman–Crippen MR) is 52.6 cm³/mol. The van der Waals surface area contributed by atoms with Crippen molar-refractivity contribution < 1.29 is 9.53 Å². The van der Waals surface area contributed by atoms with Crippen molar-refractivity contribution >= 4 is 11.7 Å². The molecule has 0 saturated carbocycles. The smallest absolute Gasteiger partial charge is 0.316 e. The number of rotatable bonds is 1. The van der Waals surface area contributed by atoms with Crippen LogP contribution in [0.15, 0.2) is 30.3 Å². The van der Waals surface area contributed by atoms with Crippen molar-refractivity contribution in [1.82, 2.24) is 5.32 Å². The number of hydrogen-bond donors (Lipinski definition) is 2. The standard InChI is InChI=1S/C10H10N2O2/c11-10(13)12-8-5-6-14-9-4-2-1-3-7(8)9/h1-5H,6H2,(H3,11,12,13). The maximum Gasteiger partial charge on any atom is 0.316 e. The molecule has 0 bridgehead atoms. The van der Waals surface area contributed by atoms with E-state index in [1.54, 1.807) is 6.08 Å². The summed E-state index contributed by atoms with van der Waals surface area (Å²) in [6.45, 7) is 0.451. The van der Waals surface area contributed by atoms with Gasteiger partial charge in [-0.1, -0.05) is 12.1 Å². The first-order valence-corrected chi connectivity index (χ1v) is 4.26. The highest BCUT2D eigenvalue weighted by atomic mass is 16.5. The lowest BCUT2D eigenvalue weighted by Crippen LogP contribution is -2.29. The van der Waals surface area contributed by atoms with Gasteiger partial charge in [0.25, 0.3) is 0 Å². The molecule has 4 nitrogen and oxygen atoms in total. The molecule has 0 atom stereocenters. The van der Waals surface area contributed by atoms with Crippen LogP contribution in [0.25, 0.3) is 5.70 Å². The SMILES string of the molecule is NC(=O)NC1=CCOc2ccccc21. The number of para-hydroxylation sites is 1. The van der Waals surface area contributed by atoms with E-state index in [1.807, 2.05) is 24.3 Å². The molecule has 2 rings (SSSR count). The number of nitrogens with two attached hydrogens (primary N) is 1. The Bertz CT molecular complexity index is 399. The van der Waals surface area contributed by atoms with E-state index in [0.29, 0.717) is 12.3 Å². The third-order valence-electron chi connectivity index (χ3n) is 1.96. The summed E-state index contributed by atoms with van der Waals surface area (Å²) in [4.78, 5) is 10.7.